The van der Waals surface area contributed by atoms with Gasteiger partial charge in [0.15, 0.2) is 0 Å². The highest BCUT2D eigenvalue weighted by molar-refractivity contribution is 6.08. The second kappa shape index (κ2) is 8.64. The predicted octanol–water partition coefficient (Wildman–Crippen LogP) is 1.81. The van der Waals surface area contributed by atoms with Crippen LogP contribution in [-0.4, -0.2) is 49.2 Å². The van der Waals surface area contributed by atoms with E-state index in [1.54, 1.807) is 12.1 Å². The minimum Gasteiger partial charge on any atom is -0.478 e. The summed E-state index contributed by atoms with van der Waals surface area (Å²) in [7, 11) is 0. The molecule has 0 aliphatic carbocycles. The molecular formula is C20H22N2O5. The number of carbonyl (C=O) groups excluding carboxylic acids is 2. The van der Waals surface area contributed by atoms with Crippen molar-refractivity contribution in [1.29, 1.82) is 0 Å². The van der Waals surface area contributed by atoms with Gasteiger partial charge in [0.1, 0.15) is 0 Å². The van der Waals surface area contributed by atoms with Crippen LogP contribution in [-0.2, 0) is 9.53 Å². The van der Waals surface area contributed by atoms with Gasteiger partial charge in [0.05, 0.1) is 11.1 Å². The molecule has 1 aliphatic heterocycles. The van der Waals surface area contributed by atoms with Gasteiger partial charge >= 0.3 is 5.97 Å². The van der Waals surface area contributed by atoms with E-state index < -0.39 is 11.9 Å². The molecule has 1 aliphatic rings. The number of hydrogen-bond donors (Lipinski definition) is 3. The molecule has 2 amide bonds. The highest BCUT2D eigenvalue weighted by Crippen LogP contribution is 2.20. The molecule has 3 rings (SSSR count). The number of carboxylic acid groups (broad SMARTS) is 1. The van der Waals surface area contributed by atoms with E-state index in [0.29, 0.717) is 26.1 Å². The molecule has 1 fully saturated rings. The molecule has 0 spiro atoms. The van der Waals surface area contributed by atoms with E-state index >= 15 is 0 Å². The molecule has 0 radical (unpaired) electrons. The first-order chi connectivity index (χ1) is 13.1. The largest absolute Gasteiger partial charge is 0.478 e. The van der Waals surface area contributed by atoms with Gasteiger partial charge < -0.3 is 20.5 Å². The van der Waals surface area contributed by atoms with E-state index in [9.17, 15) is 19.5 Å². The maximum atomic E-state index is 12.5. The topological polar surface area (TPSA) is 105 Å². The second-order valence-electron chi connectivity index (χ2n) is 6.48. The lowest BCUT2D eigenvalue weighted by molar-refractivity contribution is -0.127. The van der Waals surface area contributed by atoms with Gasteiger partial charge in [0.2, 0.25) is 5.91 Å². The molecule has 1 saturated heterocycles. The van der Waals surface area contributed by atoms with Gasteiger partial charge in [-0.05, 0) is 35.7 Å². The summed E-state index contributed by atoms with van der Waals surface area (Å²) in [6.45, 7) is 1.70. The molecule has 3 N–H and O–H groups in total. The molecule has 2 aromatic carbocycles. The average Bonchev–Trinajstić information content (AvgIpc) is 2.70. The molecule has 0 aromatic heterocycles. The number of aromatic carboxylic acids is 1. The lowest BCUT2D eigenvalue weighted by atomic mass is 9.99. The molecular weight excluding hydrogens is 348 g/mol. The molecule has 7 nitrogen and oxygen atoms in total. The smallest absolute Gasteiger partial charge is 0.336 e. The summed E-state index contributed by atoms with van der Waals surface area (Å²) in [5.41, 5.74) is 0.0643. The Morgan fingerprint density at radius 2 is 1.56 bits per heavy atom. The van der Waals surface area contributed by atoms with Crippen molar-refractivity contribution in [3.8, 4) is 0 Å². The Morgan fingerprint density at radius 1 is 0.963 bits per heavy atom. The number of carboxylic acids is 1. The van der Waals surface area contributed by atoms with Crippen LogP contribution >= 0.6 is 0 Å². The van der Waals surface area contributed by atoms with Crippen LogP contribution in [0.15, 0.2) is 36.4 Å². The van der Waals surface area contributed by atoms with Gasteiger partial charge in [-0.15, -0.1) is 0 Å². The molecule has 7 heteroatoms. The summed E-state index contributed by atoms with van der Waals surface area (Å²) in [4.78, 5) is 36.0. The normalized spacial score (nSPS) is 14.7. The van der Waals surface area contributed by atoms with Crippen LogP contribution in [0.2, 0.25) is 0 Å². The number of amides is 2. The van der Waals surface area contributed by atoms with Crippen molar-refractivity contribution in [1.82, 2.24) is 10.6 Å². The number of hydrogen-bond acceptors (Lipinski definition) is 4. The summed E-state index contributed by atoms with van der Waals surface area (Å²) >= 11 is 0. The van der Waals surface area contributed by atoms with Gasteiger partial charge in [-0.1, -0.05) is 24.3 Å². The van der Waals surface area contributed by atoms with E-state index in [0.717, 1.165) is 10.8 Å². The van der Waals surface area contributed by atoms with E-state index in [1.165, 1.54) is 6.07 Å². The SMILES string of the molecule is O=C(O)c1cc2ccccc2cc1C(=O)NCCNC(=O)C1CCOCC1. The fourth-order valence-corrected chi connectivity index (χ4v) is 3.17. The Morgan fingerprint density at radius 3 is 2.19 bits per heavy atom. The Bertz CT molecular complexity index is 859. The zero-order valence-electron chi connectivity index (χ0n) is 14.9. The van der Waals surface area contributed by atoms with Crippen LogP contribution in [0.25, 0.3) is 10.8 Å². The van der Waals surface area contributed by atoms with Gasteiger partial charge in [-0.3, -0.25) is 9.59 Å². The first kappa shape index (κ1) is 18.8. The maximum absolute atomic E-state index is 12.5. The molecule has 2 aromatic rings. The summed E-state index contributed by atoms with van der Waals surface area (Å²) in [6, 6.07) is 10.3. The lowest BCUT2D eigenvalue weighted by Crippen LogP contribution is -2.39. The molecule has 0 unspecified atom stereocenters. The Hall–Kier alpha value is -2.93. The number of carbonyl (C=O) groups is 3. The lowest BCUT2D eigenvalue weighted by Gasteiger charge is -2.21. The highest BCUT2D eigenvalue weighted by Gasteiger charge is 2.21. The number of fused-ring (bicyclic) bond motifs is 1. The number of benzene rings is 2. The van der Waals surface area contributed by atoms with Gasteiger partial charge in [-0.25, -0.2) is 4.79 Å². The van der Waals surface area contributed by atoms with Crippen LogP contribution in [0.5, 0.6) is 0 Å². The molecule has 27 heavy (non-hydrogen) atoms. The number of ether oxygens (including phenoxy) is 1. The maximum Gasteiger partial charge on any atom is 0.336 e. The minimum atomic E-state index is -1.15. The van der Waals surface area contributed by atoms with Crippen LogP contribution in [0, 0.1) is 5.92 Å². The van der Waals surface area contributed by atoms with Crippen LogP contribution in [0.4, 0.5) is 0 Å². The summed E-state index contributed by atoms with van der Waals surface area (Å²) < 4.78 is 5.23. The fourth-order valence-electron chi connectivity index (χ4n) is 3.17. The van der Waals surface area contributed by atoms with Crippen molar-refractivity contribution < 1.29 is 24.2 Å². The molecule has 142 valence electrons. The number of rotatable bonds is 6. The highest BCUT2D eigenvalue weighted by atomic mass is 16.5. The van der Waals surface area contributed by atoms with E-state index in [-0.39, 0.29) is 36.0 Å². The van der Waals surface area contributed by atoms with Gasteiger partial charge in [0.25, 0.3) is 5.91 Å². The zero-order chi connectivity index (χ0) is 19.2. The first-order valence-electron chi connectivity index (χ1n) is 8.96. The summed E-state index contributed by atoms with van der Waals surface area (Å²) in [6.07, 6.45) is 1.41. The third-order valence-electron chi connectivity index (χ3n) is 4.66. The van der Waals surface area contributed by atoms with Crippen LogP contribution in [0.1, 0.15) is 33.6 Å². The van der Waals surface area contributed by atoms with Gasteiger partial charge in [-0.2, -0.15) is 0 Å². The van der Waals surface area contributed by atoms with E-state index in [2.05, 4.69) is 10.6 Å². The fraction of sp³-hybridized carbons (Fsp3) is 0.350. The van der Waals surface area contributed by atoms with Crippen molar-refractivity contribution in [2.45, 2.75) is 12.8 Å². The third kappa shape index (κ3) is 4.62. The molecule has 1 heterocycles. The Kier molecular flexibility index (Phi) is 6.03. The molecule has 0 bridgehead atoms. The third-order valence-corrected chi connectivity index (χ3v) is 4.66. The second-order valence-corrected chi connectivity index (χ2v) is 6.48. The quantitative estimate of drug-likeness (QED) is 0.673. The van der Waals surface area contributed by atoms with Crippen LogP contribution < -0.4 is 10.6 Å². The van der Waals surface area contributed by atoms with E-state index in [4.69, 9.17) is 4.74 Å². The average molecular weight is 370 g/mol. The Labute approximate surface area is 156 Å². The summed E-state index contributed by atoms with van der Waals surface area (Å²) in [5.74, 6) is -1.71. The van der Waals surface area contributed by atoms with Crippen molar-refractivity contribution in [3.63, 3.8) is 0 Å². The van der Waals surface area contributed by atoms with Crippen molar-refractivity contribution >= 4 is 28.6 Å². The van der Waals surface area contributed by atoms with E-state index in [1.807, 2.05) is 18.2 Å². The van der Waals surface area contributed by atoms with Crippen molar-refractivity contribution in [2.24, 2.45) is 5.92 Å². The monoisotopic (exact) mass is 370 g/mol. The standard InChI is InChI=1S/C20H22N2O5/c23-18(13-5-9-27-10-6-13)21-7-8-22-19(24)16-11-14-3-1-2-4-15(14)12-17(16)20(25)26/h1-4,11-13H,5-10H2,(H,21,23)(H,22,24)(H,25,26). The minimum absolute atomic E-state index is 0.0375. The van der Waals surface area contributed by atoms with Crippen molar-refractivity contribution in [2.75, 3.05) is 26.3 Å². The molecule has 0 saturated carbocycles. The van der Waals surface area contributed by atoms with Gasteiger partial charge in [0, 0.05) is 32.2 Å². The molecule has 0 atom stereocenters. The first-order valence-corrected chi connectivity index (χ1v) is 8.96. The number of nitrogens with one attached hydrogen (secondary N) is 2. The predicted molar refractivity (Wildman–Crippen MR) is 99.8 cm³/mol. The van der Waals surface area contributed by atoms with Crippen LogP contribution in [0.3, 0.4) is 0 Å². The summed E-state index contributed by atoms with van der Waals surface area (Å²) in [5, 5.41) is 16.4. The Balaban J connectivity index is 1.59. The zero-order valence-corrected chi connectivity index (χ0v) is 14.9. The van der Waals surface area contributed by atoms with Crippen molar-refractivity contribution in [3.05, 3.63) is 47.5 Å².